The smallest absolute Gasteiger partial charge is 0.229 e. The van der Waals surface area contributed by atoms with Crippen molar-refractivity contribution in [2.75, 3.05) is 29.1 Å². The summed E-state index contributed by atoms with van der Waals surface area (Å²) in [5.74, 6) is 0.862. The van der Waals surface area contributed by atoms with E-state index in [9.17, 15) is 14.3 Å². The quantitative estimate of drug-likeness (QED) is 0.447. The summed E-state index contributed by atoms with van der Waals surface area (Å²) in [6.07, 6.45) is 0.882. The molecule has 2 heterocycles. The number of halogens is 1. The number of aliphatic hydroxyl groups is 1. The van der Waals surface area contributed by atoms with Crippen LogP contribution in [0.25, 0.3) is 0 Å². The number of Topliss-reactive ketones (excluding diaryl/α,β-unsaturated/α-hetero) is 1. The Morgan fingerprint density at radius 2 is 2.10 bits per heavy atom. The Morgan fingerprint density at radius 3 is 2.87 bits per heavy atom. The van der Waals surface area contributed by atoms with E-state index < -0.39 is 6.10 Å². The molecule has 9 heteroatoms. The van der Waals surface area contributed by atoms with Gasteiger partial charge >= 0.3 is 0 Å². The van der Waals surface area contributed by atoms with Crippen LogP contribution in [0.2, 0.25) is 0 Å². The average molecular weight is 423 g/mol. The van der Waals surface area contributed by atoms with Crippen LogP contribution < -0.4 is 20.7 Å². The van der Waals surface area contributed by atoms with Crippen LogP contribution >= 0.6 is 0 Å². The van der Waals surface area contributed by atoms with Crippen LogP contribution in [0, 0.1) is 5.82 Å². The molecule has 0 radical (unpaired) electrons. The molecule has 1 aliphatic heterocycles. The van der Waals surface area contributed by atoms with E-state index >= 15 is 0 Å². The van der Waals surface area contributed by atoms with Gasteiger partial charge in [-0.1, -0.05) is 12.1 Å². The van der Waals surface area contributed by atoms with Crippen LogP contribution in [0.15, 0.2) is 48.7 Å². The lowest BCUT2D eigenvalue weighted by Crippen LogP contribution is -2.23. The topological polar surface area (TPSA) is 108 Å². The van der Waals surface area contributed by atoms with Crippen LogP contribution in [0.1, 0.15) is 22.8 Å². The summed E-state index contributed by atoms with van der Waals surface area (Å²) in [5, 5.41) is 19.1. The van der Waals surface area contributed by atoms with Crippen LogP contribution in [-0.2, 0) is 6.54 Å². The van der Waals surface area contributed by atoms with E-state index in [2.05, 4.69) is 25.9 Å². The number of hydrogen-bond acceptors (Lipinski definition) is 8. The number of benzene rings is 2. The Morgan fingerprint density at radius 1 is 1.29 bits per heavy atom. The van der Waals surface area contributed by atoms with Crippen molar-refractivity contribution in [3.63, 3.8) is 0 Å². The van der Waals surface area contributed by atoms with Gasteiger partial charge < -0.3 is 25.8 Å². The molecular weight excluding hydrogens is 401 g/mol. The molecule has 160 valence electrons. The molecule has 0 fully saturated rings. The van der Waals surface area contributed by atoms with E-state index in [-0.39, 0.29) is 18.2 Å². The number of rotatable bonds is 6. The Hall–Kier alpha value is -3.72. The molecule has 0 bridgehead atoms. The summed E-state index contributed by atoms with van der Waals surface area (Å²) in [4.78, 5) is 20.7. The molecule has 8 nitrogen and oxygen atoms in total. The first-order valence-electron chi connectivity index (χ1n) is 9.80. The number of aliphatic hydroxyl groups excluding tert-OH is 1. The van der Waals surface area contributed by atoms with Crippen molar-refractivity contribution in [3.05, 3.63) is 65.6 Å². The largest absolute Gasteiger partial charge is 0.489 e. The summed E-state index contributed by atoms with van der Waals surface area (Å²) in [5.41, 5.74) is 2.67. The second-order valence-electron chi connectivity index (χ2n) is 7.17. The minimum absolute atomic E-state index is 0.168. The number of aromatic nitrogens is 2. The molecule has 31 heavy (non-hydrogen) atoms. The van der Waals surface area contributed by atoms with Crippen LogP contribution in [0.5, 0.6) is 5.75 Å². The normalized spacial score (nSPS) is 15.1. The second kappa shape index (κ2) is 8.97. The maximum atomic E-state index is 13.1. The van der Waals surface area contributed by atoms with Crippen LogP contribution in [-0.4, -0.2) is 40.1 Å². The number of anilines is 4. The predicted octanol–water partition coefficient (Wildman–Crippen LogP) is 3.34. The summed E-state index contributed by atoms with van der Waals surface area (Å²) in [6.45, 7) is 2.43. The third kappa shape index (κ3) is 5.07. The molecule has 2 aromatic carbocycles. The first-order chi connectivity index (χ1) is 15.0. The fraction of sp³-hybridized carbons (Fsp3) is 0.227. The highest BCUT2D eigenvalue weighted by molar-refractivity contribution is 5.98. The number of ether oxygens (including phenoxy) is 1. The fourth-order valence-electron chi connectivity index (χ4n) is 3.10. The summed E-state index contributed by atoms with van der Waals surface area (Å²) in [7, 11) is 0. The standard InChI is InChI=1S/C22H22FN5O3/c1-13(29)18-11-26-22(28-21(18)25-9-14-2-4-15(23)5-3-14)27-16-6-7-20-19(8-16)24-10-17(30)12-31-20/h2-8,11,17,24,30H,9-10,12H2,1H3,(H2,25,26,27,28). The van der Waals surface area contributed by atoms with Gasteiger partial charge in [0.2, 0.25) is 5.95 Å². The zero-order valence-electron chi connectivity index (χ0n) is 16.9. The van der Waals surface area contributed by atoms with Crippen molar-refractivity contribution in [2.24, 2.45) is 0 Å². The maximum absolute atomic E-state index is 13.1. The van der Waals surface area contributed by atoms with Gasteiger partial charge in [0.05, 0.1) is 11.3 Å². The average Bonchev–Trinajstić information content (AvgIpc) is 2.94. The maximum Gasteiger partial charge on any atom is 0.229 e. The summed E-state index contributed by atoms with van der Waals surface area (Å²) >= 11 is 0. The van der Waals surface area contributed by atoms with Gasteiger partial charge in [-0.25, -0.2) is 9.37 Å². The fourth-order valence-corrected chi connectivity index (χ4v) is 3.10. The van der Waals surface area contributed by atoms with E-state index in [0.717, 1.165) is 11.3 Å². The van der Waals surface area contributed by atoms with Gasteiger partial charge in [0.15, 0.2) is 5.78 Å². The second-order valence-corrected chi connectivity index (χ2v) is 7.17. The van der Waals surface area contributed by atoms with Gasteiger partial charge in [0.1, 0.15) is 30.1 Å². The van der Waals surface area contributed by atoms with Crippen LogP contribution in [0.4, 0.5) is 27.5 Å². The molecular formula is C22H22FN5O3. The first-order valence-corrected chi connectivity index (χ1v) is 9.80. The zero-order valence-corrected chi connectivity index (χ0v) is 16.9. The molecule has 4 rings (SSSR count). The number of nitrogens with zero attached hydrogens (tertiary/aromatic N) is 2. The lowest BCUT2D eigenvalue weighted by atomic mass is 10.2. The van der Waals surface area contributed by atoms with E-state index in [4.69, 9.17) is 4.74 Å². The van der Waals surface area contributed by atoms with Crippen molar-refractivity contribution in [3.8, 4) is 5.75 Å². The first kappa shape index (κ1) is 20.5. The molecule has 0 spiro atoms. The molecule has 3 aromatic rings. The van der Waals surface area contributed by atoms with Gasteiger partial charge in [-0.15, -0.1) is 0 Å². The van der Waals surface area contributed by atoms with Crippen molar-refractivity contribution >= 4 is 28.9 Å². The summed E-state index contributed by atoms with van der Waals surface area (Å²) < 4.78 is 18.7. The Labute approximate surface area is 178 Å². The van der Waals surface area contributed by atoms with Gasteiger partial charge in [0, 0.05) is 25.0 Å². The zero-order chi connectivity index (χ0) is 21.8. The third-order valence-corrected chi connectivity index (χ3v) is 4.74. The SMILES string of the molecule is CC(=O)c1cnc(Nc2ccc3c(c2)NCC(O)CO3)nc1NCc1ccc(F)cc1. The molecule has 0 saturated heterocycles. The van der Waals surface area contributed by atoms with E-state index in [1.165, 1.54) is 25.3 Å². The molecule has 4 N–H and O–H groups in total. The molecule has 1 atom stereocenters. The van der Waals surface area contributed by atoms with Crippen LogP contribution in [0.3, 0.4) is 0 Å². The van der Waals surface area contributed by atoms with Crippen molar-refractivity contribution in [2.45, 2.75) is 19.6 Å². The highest BCUT2D eigenvalue weighted by Gasteiger charge is 2.16. The Balaban J connectivity index is 1.53. The minimum Gasteiger partial charge on any atom is -0.489 e. The number of fused-ring (bicyclic) bond motifs is 1. The number of nitrogens with one attached hydrogen (secondary N) is 3. The van der Waals surface area contributed by atoms with Crippen molar-refractivity contribution in [1.82, 2.24) is 9.97 Å². The minimum atomic E-state index is -0.582. The lowest BCUT2D eigenvalue weighted by Gasteiger charge is -2.13. The monoisotopic (exact) mass is 423 g/mol. The van der Waals surface area contributed by atoms with Gasteiger partial charge in [-0.2, -0.15) is 4.98 Å². The van der Waals surface area contributed by atoms with E-state index in [0.29, 0.717) is 41.9 Å². The molecule has 0 amide bonds. The number of carbonyl (C=O) groups is 1. The van der Waals surface area contributed by atoms with Gasteiger partial charge in [-0.3, -0.25) is 4.79 Å². The molecule has 1 aliphatic rings. The van der Waals surface area contributed by atoms with Crippen molar-refractivity contribution < 1.29 is 19.0 Å². The number of hydrogen-bond donors (Lipinski definition) is 4. The predicted molar refractivity (Wildman–Crippen MR) is 115 cm³/mol. The Bertz CT molecular complexity index is 1090. The number of ketones is 1. The molecule has 1 unspecified atom stereocenters. The van der Waals surface area contributed by atoms with Gasteiger partial charge in [0.25, 0.3) is 0 Å². The third-order valence-electron chi connectivity index (χ3n) is 4.74. The number of carbonyl (C=O) groups excluding carboxylic acids is 1. The molecule has 1 aromatic heterocycles. The van der Waals surface area contributed by atoms with Gasteiger partial charge in [-0.05, 0) is 42.8 Å². The molecule has 0 saturated carbocycles. The highest BCUT2D eigenvalue weighted by atomic mass is 19.1. The van der Waals surface area contributed by atoms with E-state index in [1.807, 2.05) is 12.1 Å². The molecule has 0 aliphatic carbocycles. The summed E-state index contributed by atoms with van der Waals surface area (Å²) in [6, 6.07) is 11.5. The lowest BCUT2D eigenvalue weighted by molar-refractivity contribution is 0.101. The highest BCUT2D eigenvalue weighted by Crippen LogP contribution is 2.31. The van der Waals surface area contributed by atoms with Crippen molar-refractivity contribution in [1.29, 1.82) is 0 Å². The number of β-amino-alcohol motifs (C(OH)–C–C–N with tert-alkyl or cyclic N) is 1. The van der Waals surface area contributed by atoms with E-state index in [1.54, 1.807) is 18.2 Å². The Kier molecular flexibility index (Phi) is 5.94.